The lowest BCUT2D eigenvalue weighted by molar-refractivity contribution is 0.564. The molecule has 1 aliphatic rings. The van der Waals surface area contributed by atoms with Crippen molar-refractivity contribution in [2.45, 2.75) is 46.1 Å². The van der Waals surface area contributed by atoms with Crippen LogP contribution in [-0.4, -0.2) is 0 Å². The lowest BCUT2D eigenvalue weighted by Crippen LogP contribution is -2.20. The molecule has 14 heavy (non-hydrogen) atoms. The van der Waals surface area contributed by atoms with Crippen LogP contribution in [0.5, 0.6) is 0 Å². The predicted octanol–water partition coefficient (Wildman–Crippen LogP) is 2.95. The zero-order valence-corrected chi connectivity index (χ0v) is 9.35. The minimum Gasteiger partial charge on any atom is -0.324 e. The van der Waals surface area contributed by atoms with Crippen molar-refractivity contribution in [3.63, 3.8) is 0 Å². The van der Waals surface area contributed by atoms with Gasteiger partial charge in [-0.3, -0.25) is 0 Å². The van der Waals surface area contributed by atoms with Gasteiger partial charge in [0.15, 0.2) is 0 Å². The lowest BCUT2D eigenvalue weighted by atomic mass is 9.81. The molecule has 1 aromatic rings. The molecule has 0 fully saturated rings. The van der Waals surface area contributed by atoms with Crippen LogP contribution in [0.3, 0.4) is 0 Å². The van der Waals surface area contributed by atoms with Crippen LogP contribution in [0.25, 0.3) is 0 Å². The molecule has 0 aliphatic heterocycles. The summed E-state index contributed by atoms with van der Waals surface area (Å²) in [4.78, 5) is 0. The van der Waals surface area contributed by atoms with E-state index < -0.39 is 0 Å². The van der Waals surface area contributed by atoms with Gasteiger partial charge in [-0.2, -0.15) is 0 Å². The van der Waals surface area contributed by atoms with Gasteiger partial charge >= 0.3 is 0 Å². The quantitative estimate of drug-likeness (QED) is 0.667. The minimum absolute atomic E-state index is 0.275. The first-order valence-corrected chi connectivity index (χ1v) is 5.46. The summed E-state index contributed by atoms with van der Waals surface area (Å²) in [5.41, 5.74) is 13.4. The highest BCUT2D eigenvalue weighted by atomic mass is 14.6. The van der Waals surface area contributed by atoms with Crippen molar-refractivity contribution in [3.05, 3.63) is 33.9 Å². The van der Waals surface area contributed by atoms with Gasteiger partial charge < -0.3 is 5.73 Å². The third-order valence-electron chi connectivity index (χ3n) is 3.54. The van der Waals surface area contributed by atoms with Crippen molar-refractivity contribution in [1.29, 1.82) is 0 Å². The standard InChI is InChI=1S/C13H19N/c1-8-7-9(2)11-5-4-6-12(14)13(11)10(8)3/h7,12H,4-6,14H2,1-3H3. The van der Waals surface area contributed by atoms with E-state index in [4.69, 9.17) is 5.73 Å². The third-order valence-corrected chi connectivity index (χ3v) is 3.54. The normalized spacial score (nSPS) is 20.7. The number of hydrogen-bond acceptors (Lipinski definition) is 1. The van der Waals surface area contributed by atoms with Gasteiger partial charge in [0.05, 0.1) is 0 Å². The molecule has 0 aromatic heterocycles. The molecule has 0 amide bonds. The number of benzene rings is 1. The van der Waals surface area contributed by atoms with E-state index in [-0.39, 0.29) is 6.04 Å². The molecule has 1 aliphatic carbocycles. The number of nitrogens with two attached hydrogens (primary N) is 1. The summed E-state index contributed by atoms with van der Waals surface area (Å²) in [5, 5.41) is 0. The van der Waals surface area contributed by atoms with Crippen molar-refractivity contribution < 1.29 is 0 Å². The van der Waals surface area contributed by atoms with Crippen molar-refractivity contribution in [2.75, 3.05) is 0 Å². The fourth-order valence-electron chi connectivity index (χ4n) is 2.65. The maximum atomic E-state index is 6.18. The summed E-state index contributed by atoms with van der Waals surface area (Å²) in [6, 6.07) is 2.57. The molecule has 2 N–H and O–H groups in total. The highest BCUT2D eigenvalue weighted by Gasteiger charge is 2.21. The average Bonchev–Trinajstić information content (AvgIpc) is 2.14. The Morgan fingerprint density at radius 2 is 1.93 bits per heavy atom. The number of hydrogen-bond donors (Lipinski definition) is 1. The molecule has 0 heterocycles. The summed E-state index contributed by atoms with van der Waals surface area (Å²) in [6.45, 7) is 6.60. The van der Waals surface area contributed by atoms with Crippen LogP contribution in [0.15, 0.2) is 6.07 Å². The number of rotatable bonds is 0. The molecule has 1 atom stereocenters. The van der Waals surface area contributed by atoms with Gasteiger partial charge in [0.1, 0.15) is 0 Å². The van der Waals surface area contributed by atoms with Gasteiger partial charge in [-0.1, -0.05) is 6.07 Å². The van der Waals surface area contributed by atoms with Crippen LogP contribution in [0.2, 0.25) is 0 Å². The fourth-order valence-corrected chi connectivity index (χ4v) is 2.65. The third kappa shape index (κ3) is 1.36. The SMILES string of the molecule is Cc1cc(C)c2c(c1C)C(N)CCC2. The largest absolute Gasteiger partial charge is 0.324 e. The first-order chi connectivity index (χ1) is 6.61. The maximum absolute atomic E-state index is 6.18. The molecule has 1 nitrogen and oxygen atoms in total. The topological polar surface area (TPSA) is 26.0 Å². The summed E-state index contributed by atoms with van der Waals surface area (Å²) >= 11 is 0. The zero-order valence-electron chi connectivity index (χ0n) is 9.35. The number of fused-ring (bicyclic) bond motifs is 1. The van der Waals surface area contributed by atoms with E-state index in [1.54, 1.807) is 0 Å². The highest BCUT2D eigenvalue weighted by Crippen LogP contribution is 2.34. The van der Waals surface area contributed by atoms with Gasteiger partial charge in [-0.05, 0) is 67.9 Å². The Morgan fingerprint density at radius 1 is 1.21 bits per heavy atom. The minimum atomic E-state index is 0.275. The van der Waals surface area contributed by atoms with E-state index in [0.717, 1.165) is 6.42 Å². The van der Waals surface area contributed by atoms with Crippen LogP contribution in [0.1, 0.15) is 46.7 Å². The van der Waals surface area contributed by atoms with E-state index in [1.807, 2.05) is 0 Å². The Balaban J connectivity index is 2.67. The highest BCUT2D eigenvalue weighted by molar-refractivity contribution is 5.47. The lowest BCUT2D eigenvalue weighted by Gasteiger charge is -2.27. The summed E-state index contributed by atoms with van der Waals surface area (Å²) in [5.74, 6) is 0. The molecule has 1 heteroatoms. The summed E-state index contributed by atoms with van der Waals surface area (Å²) in [6.07, 6.45) is 3.62. The maximum Gasteiger partial charge on any atom is 0.0300 e. The Bertz CT molecular complexity index is 366. The zero-order chi connectivity index (χ0) is 10.3. The molecule has 0 spiro atoms. The monoisotopic (exact) mass is 189 g/mol. The van der Waals surface area contributed by atoms with Crippen LogP contribution in [0.4, 0.5) is 0 Å². The second-order valence-electron chi connectivity index (χ2n) is 4.53. The van der Waals surface area contributed by atoms with Gasteiger partial charge in [0.2, 0.25) is 0 Å². The fraction of sp³-hybridized carbons (Fsp3) is 0.538. The van der Waals surface area contributed by atoms with Gasteiger partial charge in [0.25, 0.3) is 0 Å². The van der Waals surface area contributed by atoms with Gasteiger partial charge in [-0.15, -0.1) is 0 Å². The van der Waals surface area contributed by atoms with Crippen LogP contribution < -0.4 is 5.73 Å². The van der Waals surface area contributed by atoms with Crippen molar-refractivity contribution in [2.24, 2.45) is 5.73 Å². The summed E-state index contributed by atoms with van der Waals surface area (Å²) in [7, 11) is 0. The Hall–Kier alpha value is -0.820. The molecule has 0 saturated carbocycles. The van der Waals surface area contributed by atoms with E-state index in [2.05, 4.69) is 26.8 Å². The Labute approximate surface area is 86.3 Å². The molecular formula is C13H19N. The van der Waals surface area contributed by atoms with E-state index in [0.29, 0.717) is 0 Å². The Morgan fingerprint density at radius 3 is 2.64 bits per heavy atom. The van der Waals surface area contributed by atoms with Crippen molar-refractivity contribution >= 4 is 0 Å². The summed E-state index contributed by atoms with van der Waals surface area (Å²) < 4.78 is 0. The second kappa shape index (κ2) is 3.39. The van der Waals surface area contributed by atoms with E-state index in [9.17, 15) is 0 Å². The van der Waals surface area contributed by atoms with Crippen molar-refractivity contribution in [1.82, 2.24) is 0 Å². The van der Waals surface area contributed by atoms with Gasteiger partial charge in [-0.25, -0.2) is 0 Å². The average molecular weight is 189 g/mol. The first kappa shape index (κ1) is 9.72. The molecule has 0 radical (unpaired) electrons. The predicted molar refractivity (Wildman–Crippen MR) is 60.5 cm³/mol. The molecular weight excluding hydrogens is 170 g/mol. The molecule has 1 unspecified atom stereocenters. The molecule has 76 valence electrons. The Kier molecular flexibility index (Phi) is 2.36. The number of aryl methyl sites for hydroxylation is 2. The van der Waals surface area contributed by atoms with E-state index in [1.165, 1.54) is 40.7 Å². The van der Waals surface area contributed by atoms with Crippen LogP contribution in [0, 0.1) is 20.8 Å². The first-order valence-electron chi connectivity index (χ1n) is 5.46. The molecule has 0 bridgehead atoms. The molecule has 2 rings (SSSR count). The van der Waals surface area contributed by atoms with Crippen LogP contribution >= 0.6 is 0 Å². The van der Waals surface area contributed by atoms with Gasteiger partial charge in [0, 0.05) is 6.04 Å². The smallest absolute Gasteiger partial charge is 0.0300 e. The van der Waals surface area contributed by atoms with E-state index >= 15 is 0 Å². The molecule has 1 aromatic carbocycles. The second-order valence-corrected chi connectivity index (χ2v) is 4.53. The van der Waals surface area contributed by atoms with Crippen LogP contribution in [-0.2, 0) is 6.42 Å². The molecule has 0 saturated heterocycles. The van der Waals surface area contributed by atoms with Crippen molar-refractivity contribution in [3.8, 4) is 0 Å².